The first-order valence-electron chi connectivity index (χ1n) is 10.5. The third kappa shape index (κ3) is 5.46. The maximum absolute atomic E-state index is 12.7. The van der Waals surface area contributed by atoms with Gasteiger partial charge >= 0.3 is 5.63 Å². The van der Waals surface area contributed by atoms with Gasteiger partial charge in [0.25, 0.3) is 5.91 Å². The number of nitrogens with one attached hydrogen (secondary N) is 2. The summed E-state index contributed by atoms with van der Waals surface area (Å²) in [5, 5.41) is 15.2. The van der Waals surface area contributed by atoms with Crippen LogP contribution in [0.15, 0.2) is 51.7 Å². The van der Waals surface area contributed by atoms with Gasteiger partial charge in [-0.05, 0) is 49.2 Å². The molecule has 0 fully saturated rings. The Hall–Kier alpha value is -3.36. The second-order valence-electron chi connectivity index (χ2n) is 7.35. The van der Waals surface area contributed by atoms with Gasteiger partial charge in [-0.1, -0.05) is 19.1 Å². The molecule has 0 aliphatic heterocycles. The Morgan fingerprint density at radius 2 is 1.94 bits per heavy atom. The van der Waals surface area contributed by atoms with E-state index in [1.807, 2.05) is 26.0 Å². The number of hydrogen-bond donors (Lipinski definition) is 3. The molecule has 1 aromatic heterocycles. The number of anilines is 1. The molecule has 0 aliphatic carbocycles. The second kappa shape index (κ2) is 10.8. The summed E-state index contributed by atoms with van der Waals surface area (Å²) in [6.45, 7) is 5.07. The van der Waals surface area contributed by atoms with E-state index in [0.29, 0.717) is 35.7 Å². The predicted molar refractivity (Wildman–Crippen MR) is 123 cm³/mol. The number of benzene rings is 2. The Balaban J connectivity index is 1.85. The minimum atomic E-state index is -0.762. The summed E-state index contributed by atoms with van der Waals surface area (Å²) in [7, 11) is 1.51. The van der Waals surface area contributed by atoms with Gasteiger partial charge in [0.05, 0.1) is 19.8 Å². The lowest BCUT2D eigenvalue weighted by atomic mass is 10.1. The summed E-state index contributed by atoms with van der Waals surface area (Å²) in [4.78, 5) is 25.4. The van der Waals surface area contributed by atoms with Crippen LogP contribution in [0.5, 0.6) is 11.5 Å². The highest BCUT2D eigenvalue weighted by Crippen LogP contribution is 2.36. The van der Waals surface area contributed by atoms with Crippen molar-refractivity contribution in [2.45, 2.75) is 32.9 Å². The average Bonchev–Trinajstić information content (AvgIpc) is 2.80. The van der Waals surface area contributed by atoms with Gasteiger partial charge in [0.2, 0.25) is 5.75 Å². The van der Waals surface area contributed by atoms with Crippen molar-refractivity contribution in [3.8, 4) is 11.5 Å². The highest BCUT2D eigenvalue weighted by molar-refractivity contribution is 6.05. The lowest BCUT2D eigenvalue weighted by Gasteiger charge is -2.16. The molecular weight excluding hydrogens is 412 g/mol. The highest BCUT2D eigenvalue weighted by Gasteiger charge is 2.19. The molecule has 8 heteroatoms. The third-order valence-corrected chi connectivity index (χ3v) is 5.01. The van der Waals surface area contributed by atoms with Crippen LogP contribution >= 0.6 is 0 Å². The maximum Gasteiger partial charge on any atom is 0.349 e. The molecule has 0 saturated carbocycles. The summed E-state index contributed by atoms with van der Waals surface area (Å²) in [5.74, 6) is 0.229. The zero-order valence-electron chi connectivity index (χ0n) is 18.4. The number of fused-ring (bicyclic) bond motifs is 1. The van der Waals surface area contributed by atoms with E-state index in [1.54, 1.807) is 24.3 Å². The van der Waals surface area contributed by atoms with Gasteiger partial charge in [0.15, 0.2) is 11.3 Å². The van der Waals surface area contributed by atoms with E-state index in [0.717, 1.165) is 12.0 Å². The monoisotopic (exact) mass is 440 g/mol. The molecular formula is C24H28N2O6. The van der Waals surface area contributed by atoms with Gasteiger partial charge in [-0.2, -0.15) is 0 Å². The molecule has 0 aliphatic rings. The Morgan fingerprint density at radius 3 is 2.59 bits per heavy atom. The third-order valence-electron chi connectivity index (χ3n) is 5.01. The largest absolute Gasteiger partial charge is 0.493 e. The van der Waals surface area contributed by atoms with Crippen LogP contribution < -0.4 is 25.7 Å². The van der Waals surface area contributed by atoms with E-state index in [-0.39, 0.29) is 23.9 Å². The molecule has 0 radical (unpaired) electrons. The molecule has 0 saturated heterocycles. The number of aliphatic hydroxyl groups excluding tert-OH is 1. The molecule has 170 valence electrons. The Morgan fingerprint density at radius 1 is 1.19 bits per heavy atom. The van der Waals surface area contributed by atoms with Crippen LogP contribution in [0.4, 0.5) is 5.69 Å². The quantitative estimate of drug-likeness (QED) is 0.328. The van der Waals surface area contributed by atoms with Crippen LogP contribution in [0.2, 0.25) is 0 Å². The van der Waals surface area contributed by atoms with Crippen molar-refractivity contribution in [2.75, 3.05) is 25.6 Å². The van der Waals surface area contributed by atoms with Crippen LogP contribution in [-0.4, -0.2) is 37.4 Å². The number of carbonyl (C=O) groups is 1. The summed E-state index contributed by atoms with van der Waals surface area (Å²) in [6, 6.07) is 12.1. The lowest BCUT2D eigenvalue weighted by molar-refractivity contribution is 0.102. The fourth-order valence-electron chi connectivity index (χ4n) is 3.07. The number of carbonyl (C=O) groups excluding carboxylic acids is 1. The average molecular weight is 440 g/mol. The number of hydrogen-bond acceptors (Lipinski definition) is 7. The number of aliphatic hydroxyl groups is 1. The first-order chi connectivity index (χ1) is 15.5. The Bertz CT molecular complexity index is 1120. The summed E-state index contributed by atoms with van der Waals surface area (Å²) >= 11 is 0. The van der Waals surface area contributed by atoms with E-state index < -0.39 is 11.5 Å². The number of rotatable bonds is 10. The number of ether oxygens (including phenoxy) is 2. The van der Waals surface area contributed by atoms with Crippen molar-refractivity contribution < 1.29 is 23.8 Å². The van der Waals surface area contributed by atoms with Crippen molar-refractivity contribution >= 4 is 22.6 Å². The topological polar surface area (TPSA) is 110 Å². The molecule has 1 atom stereocenters. The van der Waals surface area contributed by atoms with Crippen molar-refractivity contribution in [2.24, 2.45) is 0 Å². The van der Waals surface area contributed by atoms with E-state index in [1.165, 1.54) is 13.2 Å². The number of amides is 1. The summed E-state index contributed by atoms with van der Waals surface area (Å²) in [6.07, 6.45) is 0.658. The molecule has 8 nitrogen and oxygen atoms in total. The maximum atomic E-state index is 12.7. The summed E-state index contributed by atoms with van der Waals surface area (Å²) < 4.78 is 16.8. The molecule has 2 aromatic carbocycles. The van der Waals surface area contributed by atoms with Crippen LogP contribution in [0.3, 0.4) is 0 Å². The van der Waals surface area contributed by atoms with Gasteiger partial charge in [-0.15, -0.1) is 0 Å². The smallest absolute Gasteiger partial charge is 0.349 e. The molecule has 1 amide bonds. The highest BCUT2D eigenvalue weighted by atomic mass is 16.5. The molecule has 3 N–H and O–H groups in total. The van der Waals surface area contributed by atoms with Gasteiger partial charge in [-0.25, -0.2) is 4.79 Å². The van der Waals surface area contributed by atoms with Crippen LogP contribution in [0.25, 0.3) is 11.0 Å². The van der Waals surface area contributed by atoms with Crippen molar-refractivity contribution in [3.05, 3.63) is 64.0 Å². The molecule has 0 unspecified atom stereocenters. The van der Waals surface area contributed by atoms with Crippen molar-refractivity contribution in [1.29, 1.82) is 0 Å². The minimum absolute atomic E-state index is 0.0700. The first-order valence-corrected chi connectivity index (χ1v) is 10.5. The molecule has 0 bridgehead atoms. The van der Waals surface area contributed by atoms with E-state index in [9.17, 15) is 9.59 Å². The van der Waals surface area contributed by atoms with Crippen LogP contribution in [0, 0.1) is 0 Å². The molecule has 3 rings (SSSR count). The van der Waals surface area contributed by atoms with Gasteiger partial charge < -0.3 is 29.6 Å². The Labute approximate surface area is 186 Å². The standard InChI is InChI=1S/C24H28N2O6/c1-4-15(2)31-22-20(30-3)10-7-17-13-19(24(29)32-21(17)22)23(28)26-18-8-5-16(6-9-18)14-25-11-12-27/h5-10,13,15,25,27H,4,11-12,14H2,1-3H3,(H,26,28)/t15-/m1/s1. The number of methoxy groups -OCH3 is 1. The predicted octanol–water partition coefficient (Wildman–Crippen LogP) is 3.31. The first kappa shape index (κ1) is 23.3. The van der Waals surface area contributed by atoms with E-state index in [2.05, 4.69) is 10.6 Å². The summed E-state index contributed by atoms with van der Waals surface area (Å²) in [5.41, 5.74) is 0.930. The minimum Gasteiger partial charge on any atom is -0.493 e. The fraction of sp³-hybridized carbons (Fsp3) is 0.333. The molecule has 3 aromatic rings. The lowest BCUT2D eigenvalue weighted by Crippen LogP contribution is -2.21. The zero-order chi connectivity index (χ0) is 23.1. The van der Waals surface area contributed by atoms with E-state index in [4.69, 9.17) is 19.0 Å². The Kier molecular flexibility index (Phi) is 7.86. The van der Waals surface area contributed by atoms with Gasteiger partial charge in [-0.3, -0.25) is 4.79 Å². The normalized spacial score (nSPS) is 11.9. The van der Waals surface area contributed by atoms with Gasteiger partial charge in [0.1, 0.15) is 5.56 Å². The van der Waals surface area contributed by atoms with E-state index >= 15 is 0 Å². The second-order valence-corrected chi connectivity index (χ2v) is 7.35. The molecule has 1 heterocycles. The zero-order valence-corrected chi connectivity index (χ0v) is 18.4. The van der Waals surface area contributed by atoms with Crippen LogP contribution in [0.1, 0.15) is 36.2 Å². The molecule has 32 heavy (non-hydrogen) atoms. The van der Waals surface area contributed by atoms with Gasteiger partial charge in [0, 0.05) is 24.2 Å². The molecule has 0 spiro atoms. The van der Waals surface area contributed by atoms with Crippen molar-refractivity contribution in [1.82, 2.24) is 5.32 Å². The SMILES string of the molecule is CC[C@@H](C)Oc1c(OC)ccc2cc(C(=O)Nc3ccc(CNCCO)cc3)c(=O)oc12. The fourth-order valence-corrected chi connectivity index (χ4v) is 3.07. The van der Waals surface area contributed by atoms with Crippen LogP contribution in [-0.2, 0) is 6.54 Å². The van der Waals surface area contributed by atoms with Crippen molar-refractivity contribution in [3.63, 3.8) is 0 Å².